The number of aryl methyl sites for hydroxylation is 1. The number of thioether (sulfide) groups is 1. The molecule has 0 aliphatic carbocycles. The number of benzene rings is 1. The van der Waals surface area contributed by atoms with Crippen molar-refractivity contribution in [1.29, 1.82) is 0 Å². The topological polar surface area (TPSA) is 58.4 Å². The van der Waals surface area contributed by atoms with Crippen molar-refractivity contribution in [3.05, 3.63) is 52.4 Å². The first kappa shape index (κ1) is 19.1. The lowest BCUT2D eigenvalue weighted by atomic mass is 10.1. The lowest BCUT2D eigenvalue weighted by Gasteiger charge is -2.36. The summed E-state index contributed by atoms with van der Waals surface area (Å²) in [5.41, 5.74) is 2.04. The number of carbonyl (C=O) groups is 1. The number of hydrogen-bond acceptors (Lipinski definition) is 5. The largest absolute Gasteiger partial charge is 0.368 e. The van der Waals surface area contributed by atoms with Crippen LogP contribution in [0.5, 0.6) is 0 Å². The summed E-state index contributed by atoms with van der Waals surface area (Å²) in [6.45, 7) is 5.21. The molecule has 1 aromatic heterocycles. The summed E-state index contributed by atoms with van der Waals surface area (Å²) in [5, 5.41) is 0.766. The van der Waals surface area contributed by atoms with Crippen LogP contribution in [-0.4, -0.2) is 52.3 Å². The zero-order valence-electron chi connectivity index (χ0n) is 16.2. The monoisotopic (exact) mass is 398 g/mol. The number of nitrogens with zero attached hydrogens (tertiary/aromatic N) is 4. The number of fused-ring (bicyclic) bond motifs is 1. The van der Waals surface area contributed by atoms with Gasteiger partial charge in [0.15, 0.2) is 5.16 Å². The Morgan fingerprint density at radius 3 is 2.64 bits per heavy atom. The van der Waals surface area contributed by atoms with E-state index in [0.717, 1.165) is 55.6 Å². The summed E-state index contributed by atoms with van der Waals surface area (Å²) in [7, 11) is 0. The molecule has 7 heteroatoms. The van der Waals surface area contributed by atoms with Gasteiger partial charge in [0.2, 0.25) is 5.91 Å². The van der Waals surface area contributed by atoms with Crippen LogP contribution in [0.1, 0.15) is 31.5 Å². The van der Waals surface area contributed by atoms with Crippen LogP contribution < -0.4 is 10.5 Å². The molecule has 28 heavy (non-hydrogen) atoms. The van der Waals surface area contributed by atoms with Crippen LogP contribution in [0.15, 0.2) is 46.3 Å². The maximum Gasteiger partial charge on any atom is 0.254 e. The first-order valence-corrected chi connectivity index (χ1v) is 11.0. The number of anilines is 1. The lowest BCUT2D eigenvalue weighted by Crippen LogP contribution is -2.49. The van der Waals surface area contributed by atoms with Gasteiger partial charge in [-0.2, -0.15) is 0 Å². The van der Waals surface area contributed by atoms with Gasteiger partial charge in [-0.15, -0.1) is 0 Å². The molecule has 0 bridgehead atoms. The highest BCUT2D eigenvalue weighted by Gasteiger charge is 2.30. The number of carbonyl (C=O) groups excluding carboxylic acids is 1. The molecule has 6 nitrogen and oxygen atoms in total. The summed E-state index contributed by atoms with van der Waals surface area (Å²) in [4.78, 5) is 34.3. The average molecular weight is 399 g/mol. The molecular weight excluding hydrogens is 372 g/mol. The second-order valence-electron chi connectivity index (χ2n) is 7.36. The third kappa shape index (κ3) is 3.94. The van der Waals surface area contributed by atoms with Gasteiger partial charge in [-0.3, -0.25) is 14.2 Å². The van der Waals surface area contributed by atoms with Crippen molar-refractivity contribution >= 4 is 23.4 Å². The maximum atomic E-state index is 12.9. The summed E-state index contributed by atoms with van der Waals surface area (Å²) in [6, 6.07) is 11.9. The summed E-state index contributed by atoms with van der Waals surface area (Å²) in [5.74, 6) is 0.878. The molecule has 1 unspecified atom stereocenters. The van der Waals surface area contributed by atoms with Crippen molar-refractivity contribution in [3.8, 4) is 0 Å². The predicted molar refractivity (Wildman–Crippen MR) is 112 cm³/mol. The number of aromatic nitrogens is 2. The van der Waals surface area contributed by atoms with E-state index in [4.69, 9.17) is 0 Å². The standard InChI is InChI=1S/C21H26N4O2S/c1-2-6-16-13-20(27)25-18(15-28-21(25)22-16)14-19(26)24-11-9-23(10-12-24)17-7-4-3-5-8-17/h3-5,7-8,13,18H,2,6,9-12,14-15H2,1H3. The number of amides is 1. The van der Waals surface area contributed by atoms with Gasteiger partial charge < -0.3 is 9.80 Å². The van der Waals surface area contributed by atoms with Crippen LogP contribution >= 0.6 is 11.8 Å². The molecule has 4 rings (SSSR count). The summed E-state index contributed by atoms with van der Waals surface area (Å²) < 4.78 is 1.72. The molecule has 1 fully saturated rings. The Kier molecular flexibility index (Phi) is 5.71. The normalized spacial score (nSPS) is 19.0. The van der Waals surface area contributed by atoms with E-state index < -0.39 is 0 Å². The Morgan fingerprint density at radius 2 is 1.93 bits per heavy atom. The molecule has 0 spiro atoms. The van der Waals surface area contributed by atoms with E-state index in [0.29, 0.717) is 6.42 Å². The molecule has 1 saturated heterocycles. The van der Waals surface area contributed by atoms with E-state index in [9.17, 15) is 9.59 Å². The first-order valence-electron chi connectivity index (χ1n) is 9.98. The molecule has 148 valence electrons. The molecule has 3 heterocycles. The van der Waals surface area contributed by atoms with Crippen molar-refractivity contribution in [3.63, 3.8) is 0 Å². The zero-order valence-corrected chi connectivity index (χ0v) is 17.0. The second-order valence-corrected chi connectivity index (χ2v) is 8.35. The number of para-hydroxylation sites is 1. The Bertz CT molecular complexity index is 891. The van der Waals surface area contributed by atoms with Crippen molar-refractivity contribution in [2.24, 2.45) is 0 Å². The molecule has 1 aromatic carbocycles. The van der Waals surface area contributed by atoms with Gasteiger partial charge in [0.05, 0.1) is 6.04 Å². The SMILES string of the molecule is CCCc1cc(=O)n2c(n1)SCC2CC(=O)N1CCN(c2ccccc2)CC1. The van der Waals surface area contributed by atoms with Gasteiger partial charge in [-0.1, -0.05) is 43.3 Å². The van der Waals surface area contributed by atoms with E-state index in [1.807, 2.05) is 23.1 Å². The number of piperazine rings is 1. The van der Waals surface area contributed by atoms with Gasteiger partial charge in [0.25, 0.3) is 5.56 Å². The van der Waals surface area contributed by atoms with Crippen molar-refractivity contribution in [1.82, 2.24) is 14.5 Å². The van der Waals surface area contributed by atoms with Crippen molar-refractivity contribution in [2.45, 2.75) is 37.4 Å². The number of hydrogen-bond donors (Lipinski definition) is 0. The molecule has 0 radical (unpaired) electrons. The Labute approximate surface area is 169 Å². The quantitative estimate of drug-likeness (QED) is 0.725. The van der Waals surface area contributed by atoms with Crippen LogP contribution in [0.2, 0.25) is 0 Å². The molecule has 2 aliphatic rings. The smallest absolute Gasteiger partial charge is 0.254 e. The highest BCUT2D eigenvalue weighted by Crippen LogP contribution is 2.32. The molecular formula is C21H26N4O2S. The van der Waals surface area contributed by atoms with Gasteiger partial charge >= 0.3 is 0 Å². The minimum Gasteiger partial charge on any atom is -0.368 e. The van der Waals surface area contributed by atoms with Crippen LogP contribution in [0.3, 0.4) is 0 Å². The fourth-order valence-electron chi connectivity index (χ4n) is 3.92. The maximum absolute atomic E-state index is 12.9. The van der Waals surface area contributed by atoms with E-state index in [1.54, 1.807) is 22.4 Å². The van der Waals surface area contributed by atoms with E-state index >= 15 is 0 Å². The van der Waals surface area contributed by atoms with E-state index in [1.165, 1.54) is 5.69 Å². The molecule has 0 N–H and O–H groups in total. The van der Waals surface area contributed by atoms with Crippen LogP contribution in [0.25, 0.3) is 0 Å². The highest BCUT2D eigenvalue weighted by molar-refractivity contribution is 7.99. The summed E-state index contributed by atoms with van der Waals surface area (Å²) >= 11 is 1.59. The van der Waals surface area contributed by atoms with Gasteiger partial charge in [-0.25, -0.2) is 4.98 Å². The minimum atomic E-state index is -0.0877. The van der Waals surface area contributed by atoms with E-state index in [2.05, 4.69) is 28.9 Å². The average Bonchev–Trinajstić information content (AvgIpc) is 3.12. The molecule has 0 saturated carbocycles. The van der Waals surface area contributed by atoms with Gasteiger partial charge in [0.1, 0.15) is 0 Å². The fourth-order valence-corrected chi connectivity index (χ4v) is 5.08. The third-order valence-corrected chi connectivity index (χ3v) is 6.51. The first-order chi connectivity index (χ1) is 13.7. The van der Waals surface area contributed by atoms with Gasteiger partial charge in [0, 0.05) is 55.8 Å². The zero-order chi connectivity index (χ0) is 19.5. The highest BCUT2D eigenvalue weighted by atomic mass is 32.2. The van der Waals surface area contributed by atoms with Crippen LogP contribution in [0, 0.1) is 0 Å². The lowest BCUT2D eigenvalue weighted by molar-refractivity contribution is -0.132. The molecule has 2 aromatic rings. The van der Waals surface area contributed by atoms with Crippen LogP contribution in [-0.2, 0) is 11.2 Å². The molecule has 1 amide bonds. The van der Waals surface area contributed by atoms with Gasteiger partial charge in [-0.05, 0) is 18.6 Å². The summed E-state index contributed by atoms with van der Waals surface area (Å²) in [6.07, 6.45) is 2.16. The Morgan fingerprint density at radius 1 is 1.18 bits per heavy atom. The number of rotatable bonds is 5. The Balaban J connectivity index is 1.38. The third-order valence-electron chi connectivity index (χ3n) is 5.41. The van der Waals surface area contributed by atoms with Crippen molar-refractivity contribution < 1.29 is 4.79 Å². The van der Waals surface area contributed by atoms with Crippen LogP contribution in [0.4, 0.5) is 5.69 Å². The fraction of sp³-hybridized carbons (Fsp3) is 0.476. The predicted octanol–water partition coefficient (Wildman–Crippen LogP) is 2.58. The Hall–Kier alpha value is -2.28. The van der Waals surface area contributed by atoms with E-state index in [-0.39, 0.29) is 17.5 Å². The van der Waals surface area contributed by atoms with Crippen molar-refractivity contribution in [2.75, 3.05) is 36.8 Å². The second kappa shape index (κ2) is 8.39. The molecule has 1 atom stereocenters. The molecule has 2 aliphatic heterocycles. The minimum absolute atomic E-state index is 0.0230.